The van der Waals surface area contributed by atoms with Gasteiger partial charge < -0.3 is 14.5 Å². The van der Waals surface area contributed by atoms with Crippen LogP contribution < -0.4 is 10.2 Å². The van der Waals surface area contributed by atoms with E-state index in [1.165, 1.54) is 5.56 Å². The number of hydrogen-bond acceptors (Lipinski definition) is 3. The summed E-state index contributed by atoms with van der Waals surface area (Å²) in [7, 11) is 1.65. The van der Waals surface area contributed by atoms with Gasteiger partial charge in [0.2, 0.25) is 0 Å². The molecule has 130 valence electrons. The molecule has 1 heterocycles. The summed E-state index contributed by atoms with van der Waals surface area (Å²) in [5.74, 6) is 0.762. The van der Waals surface area contributed by atoms with Gasteiger partial charge in [0.1, 0.15) is 12.4 Å². The lowest BCUT2D eigenvalue weighted by Gasteiger charge is -2.22. The van der Waals surface area contributed by atoms with Gasteiger partial charge >= 0.3 is 0 Å². The van der Waals surface area contributed by atoms with Crippen molar-refractivity contribution in [2.75, 3.05) is 20.3 Å². The zero-order valence-corrected chi connectivity index (χ0v) is 15.4. The van der Waals surface area contributed by atoms with Gasteiger partial charge in [-0.2, -0.15) is 0 Å². The molecule has 0 bridgehead atoms. The van der Waals surface area contributed by atoms with Crippen molar-refractivity contribution in [2.24, 2.45) is 0 Å². The Morgan fingerprint density at radius 2 is 1.79 bits per heavy atom. The molecule has 2 aromatic rings. The molecule has 0 aliphatic heterocycles. The molecule has 1 aromatic heterocycles. The minimum absolute atomic E-state index is 0.0223. The topological polar surface area (TPSA) is 51.3 Å². The van der Waals surface area contributed by atoms with Crippen LogP contribution in [0.5, 0.6) is 5.75 Å². The Morgan fingerprint density at radius 3 is 2.38 bits per heavy atom. The molecule has 4 nitrogen and oxygen atoms in total. The van der Waals surface area contributed by atoms with E-state index in [4.69, 9.17) is 9.47 Å². The van der Waals surface area contributed by atoms with Crippen LogP contribution in [0.4, 0.5) is 0 Å². The molecule has 0 aliphatic rings. The Labute approximate surface area is 143 Å². The summed E-state index contributed by atoms with van der Waals surface area (Å²) >= 11 is 0. The molecule has 0 unspecified atom stereocenters. The van der Waals surface area contributed by atoms with Crippen LogP contribution in [-0.4, -0.2) is 25.3 Å². The average Bonchev–Trinajstić information content (AvgIpc) is 2.51. The molecule has 0 radical (unpaired) electrons. The molecule has 4 heteroatoms. The zero-order chi connectivity index (χ0) is 17.9. The molecule has 1 aromatic carbocycles. The largest absolute Gasteiger partial charge is 0.490 e. The van der Waals surface area contributed by atoms with E-state index < -0.39 is 0 Å². The molecule has 0 atom stereocenters. The van der Waals surface area contributed by atoms with Crippen LogP contribution in [0.25, 0.3) is 11.3 Å². The number of H-pyrrole nitrogens is 1. The van der Waals surface area contributed by atoms with Gasteiger partial charge in [-0.3, -0.25) is 4.79 Å². The summed E-state index contributed by atoms with van der Waals surface area (Å²) in [6.45, 7) is 11.2. The maximum Gasteiger partial charge on any atom is 0.185 e. The number of rotatable bonds is 5. The first kappa shape index (κ1) is 18.3. The number of aromatic nitrogens is 1. The standard InChI is InChI=1S/C20H27NO3/c1-13-14(2)21-17(12-18(13)22)16-8-7-15(20(3,4)5)11-19(16)24-10-9-23-6/h7-8,11-12H,9-10H2,1-6H3,(H,21,22). The first-order valence-electron chi connectivity index (χ1n) is 8.21. The molecule has 2 rings (SSSR count). The van der Waals surface area contributed by atoms with Gasteiger partial charge in [-0.1, -0.05) is 26.8 Å². The molecule has 0 spiro atoms. The molecule has 0 amide bonds. The molecule has 1 N–H and O–H groups in total. The van der Waals surface area contributed by atoms with Gasteiger partial charge in [0.05, 0.1) is 12.3 Å². The summed E-state index contributed by atoms with van der Waals surface area (Å²) in [5, 5.41) is 0. The summed E-state index contributed by atoms with van der Waals surface area (Å²) < 4.78 is 11.0. The Kier molecular flexibility index (Phi) is 5.50. The predicted molar refractivity (Wildman–Crippen MR) is 98.0 cm³/mol. The smallest absolute Gasteiger partial charge is 0.185 e. The number of hydrogen-bond donors (Lipinski definition) is 1. The summed E-state index contributed by atoms with van der Waals surface area (Å²) in [6, 6.07) is 7.80. The van der Waals surface area contributed by atoms with Crippen LogP contribution >= 0.6 is 0 Å². The number of nitrogens with one attached hydrogen (secondary N) is 1. The fourth-order valence-electron chi connectivity index (χ4n) is 2.47. The Hall–Kier alpha value is -2.07. The maximum atomic E-state index is 12.2. The van der Waals surface area contributed by atoms with Crippen molar-refractivity contribution in [3.05, 3.63) is 51.3 Å². The van der Waals surface area contributed by atoms with Gasteiger partial charge in [0, 0.05) is 30.0 Å². The second-order valence-electron chi connectivity index (χ2n) is 7.10. The van der Waals surface area contributed by atoms with Gasteiger partial charge in [-0.05, 0) is 37.0 Å². The molecule has 0 aliphatic carbocycles. The molecular formula is C20H27NO3. The first-order chi connectivity index (χ1) is 11.2. The van der Waals surface area contributed by atoms with Crippen molar-refractivity contribution in [2.45, 2.75) is 40.0 Å². The quantitative estimate of drug-likeness (QED) is 0.844. The second kappa shape index (κ2) is 7.22. The maximum absolute atomic E-state index is 12.2. The second-order valence-corrected chi connectivity index (χ2v) is 7.10. The van der Waals surface area contributed by atoms with Gasteiger partial charge in [-0.25, -0.2) is 0 Å². The molecule has 0 saturated heterocycles. The van der Waals surface area contributed by atoms with E-state index >= 15 is 0 Å². The van der Waals surface area contributed by atoms with Crippen LogP contribution in [0.3, 0.4) is 0 Å². The van der Waals surface area contributed by atoms with Gasteiger partial charge in [0.25, 0.3) is 0 Å². The van der Waals surface area contributed by atoms with Crippen LogP contribution in [0.1, 0.15) is 37.6 Å². The highest BCUT2D eigenvalue weighted by Gasteiger charge is 2.17. The van der Waals surface area contributed by atoms with Gasteiger partial charge in [0.15, 0.2) is 5.43 Å². The lowest BCUT2D eigenvalue weighted by molar-refractivity contribution is 0.146. The lowest BCUT2D eigenvalue weighted by atomic mass is 9.86. The minimum atomic E-state index is 0.0223. The average molecular weight is 329 g/mol. The summed E-state index contributed by atoms with van der Waals surface area (Å²) in [6.07, 6.45) is 0. The Morgan fingerprint density at radius 1 is 1.08 bits per heavy atom. The van der Waals surface area contributed by atoms with E-state index in [2.05, 4.69) is 37.9 Å². The van der Waals surface area contributed by atoms with Crippen LogP contribution in [0, 0.1) is 13.8 Å². The van der Waals surface area contributed by atoms with Crippen molar-refractivity contribution < 1.29 is 9.47 Å². The Balaban J connectivity index is 2.53. The van der Waals surface area contributed by atoms with Crippen LogP contribution in [0.2, 0.25) is 0 Å². The fraction of sp³-hybridized carbons (Fsp3) is 0.450. The van der Waals surface area contributed by atoms with Crippen molar-refractivity contribution in [1.29, 1.82) is 0 Å². The Bertz CT molecular complexity index is 769. The van der Waals surface area contributed by atoms with Gasteiger partial charge in [-0.15, -0.1) is 0 Å². The number of pyridine rings is 1. The third kappa shape index (κ3) is 4.06. The molecule has 0 saturated carbocycles. The number of methoxy groups -OCH3 is 1. The SMILES string of the molecule is COCCOc1cc(C(C)(C)C)ccc1-c1cc(=O)c(C)c(C)[nH]1. The highest BCUT2D eigenvalue weighted by Crippen LogP contribution is 2.33. The normalized spacial score (nSPS) is 11.6. The molecule has 0 fully saturated rings. The van der Waals surface area contributed by atoms with E-state index in [0.29, 0.717) is 13.2 Å². The highest BCUT2D eigenvalue weighted by atomic mass is 16.5. The number of benzene rings is 1. The highest BCUT2D eigenvalue weighted by molar-refractivity contribution is 5.68. The van der Waals surface area contributed by atoms with Crippen LogP contribution in [0.15, 0.2) is 29.1 Å². The fourth-order valence-corrected chi connectivity index (χ4v) is 2.47. The predicted octanol–water partition coefficient (Wildman–Crippen LogP) is 3.98. The monoisotopic (exact) mass is 329 g/mol. The first-order valence-corrected chi connectivity index (χ1v) is 8.21. The third-order valence-corrected chi connectivity index (χ3v) is 4.21. The van der Waals surface area contributed by atoms with E-state index in [0.717, 1.165) is 28.3 Å². The molecular weight excluding hydrogens is 302 g/mol. The summed E-state index contributed by atoms with van der Waals surface area (Å²) in [4.78, 5) is 15.5. The number of ether oxygens (including phenoxy) is 2. The number of aromatic amines is 1. The summed E-state index contributed by atoms with van der Waals surface area (Å²) in [5.41, 5.74) is 4.52. The van der Waals surface area contributed by atoms with Crippen molar-refractivity contribution in [3.8, 4) is 17.0 Å². The van der Waals surface area contributed by atoms with Crippen LogP contribution in [-0.2, 0) is 10.2 Å². The zero-order valence-electron chi connectivity index (χ0n) is 15.4. The van der Waals surface area contributed by atoms with E-state index in [-0.39, 0.29) is 10.8 Å². The lowest BCUT2D eigenvalue weighted by Crippen LogP contribution is -2.13. The van der Waals surface area contributed by atoms with Crippen molar-refractivity contribution >= 4 is 0 Å². The van der Waals surface area contributed by atoms with Crippen molar-refractivity contribution in [3.63, 3.8) is 0 Å². The van der Waals surface area contributed by atoms with E-state index in [1.807, 2.05) is 19.9 Å². The molecule has 24 heavy (non-hydrogen) atoms. The van der Waals surface area contributed by atoms with Crippen molar-refractivity contribution in [1.82, 2.24) is 4.98 Å². The minimum Gasteiger partial charge on any atom is -0.490 e. The third-order valence-electron chi connectivity index (χ3n) is 4.21. The number of aryl methyl sites for hydroxylation is 1. The van der Waals surface area contributed by atoms with E-state index in [9.17, 15) is 4.79 Å². The van der Waals surface area contributed by atoms with E-state index in [1.54, 1.807) is 13.2 Å².